The summed E-state index contributed by atoms with van der Waals surface area (Å²) in [5.74, 6) is 0. The number of amides is 2. The molecule has 2 rings (SSSR count). The Balaban J connectivity index is 2.22. The van der Waals surface area contributed by atoms with Crippen molar-refractivity contribution in [3.05, 3.63) is 53.6 Å². The maximum Gasteiger partial charge on any atom is 0.323 e. The van der Waals surface area contributed by atoms with Crippen LogP contribution in [0.5, 0.6) is 0 Å². The summed E-state index contributed by atoms with van der Waals surface area (Å²) in [6.45, 7) is 3.83. The number of hydrogen-bond acceptors (Lipinski definition) is 3. The zero-order chi connectivity index (χ0) is 16.3. The van der Waals surface area contributed by atoms with Gasteiger partial charge in [0.25, 0.3) is 0 Å². The molecule has 0 aliphatic rings. The molecule has 0 atom stereocenters. The van der Waals surface area contributed by atoms with Crippen LogP contribution in [0.1, 0.15) is 11.1 Å². The standard InChI is InChI=1S/C15H17N3O3S/c1-10-6-5-8-12(11(10)2)17-15(19)18-13-7-3-4-9-14(13)22(16,20)21/h3-9H,1-2H3,(H2,16,20,21)(H2,17,18,19). The van der Waals surface area contributed by atoms with Crippen LogP contribution in [-0.2, 0) is 10.0 Å². The van der Waals surface area contributed by atoms with Crippen LogP contribution in [0.4, 0.5) is 16.2 Å². The first-order chi connectivity index (χ1) is 10.3. The molecule has 0 unspecified atom stereocenters. The van der Waals surface area contributed by atoms with Gasteiger partial charge in [0.2, 0.25) is 10.0 Å². The SMILES string of the molecule is Cc1cccc(NC(=O)Nc2ccccc2S(N)(=O)=O)c1C. The number of nitrogens with two attached hydrogens (primary N) is 1. The highest BCUT2D eigenvalue weighted by Gasteiger charge is 2.15. The highest BCUT2D eigenvalue weighted by molar-refractivity contribution is 7.89. The number of para-hydroxylation sites is 1. The Hall–Kier alpha value is -2.38. The number of primary sulfonamides is 1. The molecule has 0 heterocycles. The van der Waals surface area contributed by atoms with Gasteiger partial charge >= 0.3 is 6.03 Å². The molecule has 0 fully saturated rings. The number of aryl methyl sites for hydroxylation is 1. The lowest BCUT2D eigenvalue weighted by molar-refractivity contribution is 0.262. The molecule has 7 heteroatoms. The van der Waals surface area contributed by atoms with Crippen molar-refractivity contribution in [1.29, 1.82) is 0 Å². The molecule has 2 aromatic carbocycles. The Kier molecular flexibility index (Phi) is 4.48. The number of rotatable bonds is 3. The monoisotopic (exact) mass is 319 g/mol. The van der Waals surface area contributed by atoms with Crippen LogP contribution in [0.25, 0.3) is 0 Å². The van der Waals surface area contributed by atoms with Gasteiger partial charge < -0.3 is 10.6 Å². The number of benzene rings is 2. The van der Waals surface area contributed by atoms with Crippen molar-refractivity contribution in [1.82, 2.24) is 0 Å². The van der Waals surface area contributed by atoms with E-state index in [1.165, 1.54) is 18.2 Å². The Morgan fingerprint density at radius 2 is 1.55 bits per heavy atom. The summed E-state index contributed by atoms with van der Waals surface area (Å²) in [6.07, 6.45) is 0. The molecule has 0 spiro atoms. The largest absolute Gasteiger partial charge is 0.323 e. The minimum atomic E-state index is -3.91. The molecule has 0 saturated heterocycles. The fourth-order valence-corrected chi connectivity index (χ4v) is 2.67. The Morgan fingerprint density at radius 1 is 0.955 bits per heavy atom. The van der Waals surface area contributed by atoms with Gasteiger partial charge in [0.05, 0.1) is 5.69 Å². The van der Waals surface area contributed by atoms with Gasteiger partial charge in [0.15, 0.2) is 0 Å². The molecule has 2 aromatic rings. The van der Waals surface area contributed by atoms with Crippen molar-refractivity contribution in [3.63, 3.8) is 0 Å². The summed E-state index contributed by atoms with van der Waals surface area (Å²) in [4.78, 5) is 11.9. The Labute approximate surface area is 129 Å². The van der Waals surface area contributed by atoms with E-state index < -0.39 is 16.1 Å². The number of carbonyl (C=O) groups is 1. The minimum Gasteiger partial charge on any atom is -0.307 e. The predicted octanol–water partition coefficient (Wildman–Crippen LogP) is 2.59. The lowest BCUT2D eigenvalue weighted by Crippen LogP contribution is -2.22. The van der Waals surface area contributed by atoms with E-state index in [9.17, 15) is 13.2 Å². The highest BCUT2D eigenvalue weighted by Crippen LogP contribution is 2.21. The molecule has 6 nitrogen and oxygen atoms in total. The molecule has 0 aliphatic carbocycles. The summed E-state index contributed by atoms with van der Waals surface area (Å²) in [6, 6.07) is 11.0. The van der Waals surface area contributed by atoms with E-state index in [4.69, 9.17) is 5.14 Å². The lowest BCUT2D eigenvalue weighted by atomic mass is 10.1. The van der Waals surface area contributed by atoms with E-state index in [1.54, 1.807) is 12.1 Å². The first kappa shape index (κ1) is 16.0. The molecule has 22 heavy (non-hydrogen) atoms. The Bertz CT molecular complexity index is 817. The molecule has 2 amide bonds. The van der Waals surface area contributed by atoms with Gasteiger partial charge in [-0.25, -0.2) is 18.4 Å². The average molecular weight is 319 g/mol. The predicted molar refractivity (Wildman–Crippen MR) is 86.4 cm³/mol. The maximum atomic E-state index is 12.1. The molecular weight excluding hydrogens is 302 g/mol. The third-order valence-corrected chi connectivity index (χ3v) is 4.26. The summed E-state index contributed by atoms with van der Waals surface area (Å²) < 4.78 is 23.0. The summed E-state index contributed by atoms with van der Waals surface area (Å²) in [5.41, 5.74) is 2.78. The van der Waals surface area contributed by atoms with E-state index >= 15 is 0 Å². The second-order valence-electron chi connectivity index (χ2n) is 4.87. The van der Waals surface area contributed by atoms with Crippen molar-refractivity contribution in [2.75, 3.05) is 10.6 Å². The van der Waals surface area contributed by atoms with Crippen LogP contribution in [0.2, 0.25) is 0 Å². The van der Waals surface area contributed by atoms with E-state index in [0.29, 0.717) is 5.69 Å². The van der Waals surface area contributed by atoms with Crippen molar-refractivity contribution in [3.8, 4) is 0 Å². The molecule has 116 valence electrons. The number of hydrogen-bond donors (Lipinski definition) is 3. The molecule has 0 radical (unpaired) electrons. The number of anilines is 2. The van der Waals surface area contributed by atoms with Crippen LogP contribution in [-0.4, -0.2) is 14.4 Å². The number of sulfonamides is 1. The first-order valence-electron chi connectivity index (χ1n) is 6.55. The van der Waals surface area contributed by atoms with Crippen molar-refractivity contribution < 1.29 is 13.2 Å². The van der Waals surface area contributed by atoms with Gasteiger partial charge in [-0.1, -0.05) is 24.3 Å². The minimum absolute atomic E-state index is 0.132. The summed E-state index contributed by atoms with van der Waals surface area (Å²) >= 11 is 0. The summed E-state index contributed by atoms with van der Waals surface area (Å²) in [7, 11) is -3.91. The van der Waals surface area contributed by atoms with Crippen molar-refractivity contribution in [2.45, 2.75) is 18.7 Å². The van der Waals surface area contributed by atoms with Gasteiger partial charge in [-0.05, 0) is 43.2 Å². The smallest absolute Gasteiger partial charge is 0.307 e. The summed E-state index contributed by atoms with van der Waals surface area (Å²) in [5, 5.41) is 10.3. The van der Waals surface area contributed by atoms with Crippen molar-refractivity contribution in [2.24, 2.45) is 5.14 Å². The van der Waals surface area contributed by atoms with Crippen LogP contribution in [0, 0.1) is 13.8 Å². The number of carbonyl (C=O) groups excluding carboxylic acids is 1. The van der Waals surface area contributed by atoms with E-state index in [2.05, 4.69) is 10.6 Å². The molecule has 4 N–H and O–H groups in total. The topological polar surface area (TPSA) is 101 Å². The molecule has 0 aromatic heterocycles. The van der Waals surface area contributed by atoms with E-state index in [-0.39, 0.29) is 10.6 Å². The number of urea groups is 1. The average Bonchev–Trinajstić information content (AvgIpc) is 2.43. The van der Waals surface area contributed by atoms with Crippen molar-refractivity contribution >= 4 is 27.4 Å². The molecular formula is C15H17N3O3S. The zero-order valence-electron chi connectivity index (χ0n) is 12.3. The van der Waals surface area contributed by atoms with Crippen LogP contribution >= 0.6 is 0 Å². The molecule has 0 aliphatic heterocycles. The quantitative estimate of drug-likeness (QED) is 0.810. The zero-order valence-corrected chi connectivity index (χ0v) is 13.1. The fourth-order valence-electron chi connectivity index (χ4n) is 1.98. The Morgan fingerprint density at radius 3 is 2.23 bits per heavy atom. The van der Waals surface area contributed by atoms with Crippen LogP contribution in [0.15, 0.2) is 47.4 Å². The van der Waals surface area contributed by atoms with Gasteiger partial charge in [0.1, 0.15) is 4.90 Å². The second-order valence-corrected chi connectivity index (χ2v) is 6.40. The van der Waals surface area contributed by atoms with Gasteiger partial charge in [-0.2, -0.15) is 0 Å². The van der Waals surface area contributed by atoms with Gasteiger partial charge in [-0.15, -0.1) is 0 Å². The van der Waals surface area contributed by atoms with Crippen LogP contribution < -0.4 is 15.8 Å². The third-order valence-electron chi connectivity index (χ3n) is 3.29. The molecule has 0 saturated carbocycles. The van der Waals surface area contributed by atoms with E-state index in [0.717, 1.165) is 11.1 Å². The highest BCUT2D eigenvalue weighted by atomic mass is 32.2. The number of nitrogens with one attached hydrogen (secondary N) is 2. The molecule has 0 bridgehead atoms. The first-order valence-corrected chi connectivity index (χ1v) is 8.09. The van der Waals surface area contributed by atoms with Gasteiger partial charge in [-0.3, -0.25) is 0 Å². The fraction of sp³-hybridized carbons (Fsp3) is 0.133. The lowest BCUT2D eigenvalue weighted by Gasteiger charge is -2.13. The van der Waals surface area contributed by atoms with E-state index in [1.807, 2.05) is 26.0 Å². The van der Waals surface area contributed by atoms with Gasteiger partial charge in [0, 0.05) is 5.69 Å². The maximum absolute atomic E-state index is 12.1. The van der Waals surface area contributed by atoms with Crippen LogP contribution in [0.3, 0.4) is 0 Å². The second kappa shape index (κ2) is 6.17. The normalized spacial score (nSPS) is 11.0. The third kappa shape index (κ3) is 3.63.